The second kappa shape index (κ2) is 5.28. The average molecular weight is 311 g/mol. The highest BCUT2D eigenvalue weighted by Gasteiger charge is 2.11. The molecule has 2 rings (SSSR count). The van der Waals surface area contributed by atoms with Gasteiger partial charge in [-0.25, -0.2) is 0 Å². The van der Waals surface area contributed by atoms with Gasteiger partial charge in [-0.1, -0.05) is 0 Å². The molecule has 1 N–H and O–H groups in total. The lowest BCUT2D eigenvalue weighted by Crippen LogP contribution is -2.11. The Bertz CT molecular complexity index is 541. The average Bonchev–Trinajstić information content (AvgIpc) is 2.90. The molecule has 1 atom stereocenters. The normalized spacial score (nSPS) is 12.9. The molecule has 0 saturated carbocycles. The lowest BCUT2D eigenvalue weighted by atomic mass is 10.2. The molecule has 0 aliphatic carbocycles. The standard InChI is InChI=1S/C13H19BrN4/c1-9(15-3)11-5-6-18(7-11)8-12-13(14)10(2)16-17(12)4/h5-7,9,15H,8H2,1-4H3. The minimum atomic E-state index is 0.378. The predicted molar refractivity (Wildman–Crippen MR) is 76.7 cm³/mol. The van der Waals surface area contributed by atoms with E-state index in [0.717, 1.165) is 16.7 Å². The third kappa shape index (κ3) is 2.52. The van der Waals surface area contributed by atoms with E-state index in [1.165, 1.54) is 11.3 Å². The van der Waals surface area contributed by atoms with E-state index in [1.807, 2.05) is 25.7 Å². The maximum absolute atomic E-state index is 4.41. The van der Waals surface area contributed by atoms with Crippen LogP contribution in [0.4, 0.5) is 0 Å². The smallest absolute Gasteiger partial charge is 0.0739 e. The van der Waals surface area contributed by atoms with Crippen molar-refractivity contribution in [2.24, 2.45) is 7.05 Å². The largest absolute Gasteiger partial charge is 0.348 e. The van der Waals surface area contributed by atoms with E-state index in [9.17, 15) is 0 Å². The van der Waals surface area contributed by atoms with E-state index >= 15 is 0 Å². The second-order valence-corrected chi connectivity index (χ2v) is 5.39. The van der Waals surface area contributed by atoms with E-state index in [4.69, 9.17) is 0 Å². The number of aromatic nitrogens is 3. The first-order valence-electron chi connectivity index (χ1n) is 6.03. The lowest BCUT2D eigenvalue weighted by molar-refractivity contribution is 0.640. The SMILES string of the molecule is CNC(C)c1ccn(Cc2c(Br)c(C)nn2C)c1. The molecule has 0 saturated heterocycles. The molecule has 0 aliphatic rings. The summed E-state index contributed by atoms with van der Waals surface area (Å²) in [5.41, 5.74) is 3.52. The third-order valence-corrected chi connectivity index (χ3v) is 4.33. The van der Waals surface area contributed by atoms with Gasteiger partial charge in [0.05, 0.1) is 22.4 Å². The van der Waals surface area contributed by atoms with E-state index in [0.29, 0.717) is 6.04 Å². The Morgan fingerprint density at radius 2 is 2.22 bits per heavy atom. The van der Waals surface area contributed by atoms with Gasteiger partial charge in [-0.05, 0) is 48.5 Å². The Hall–Kier alpha value is -1.07. The molecule has 0 fully saturated rings. The molecule has 98 valence electrons. The van der Waals surface area contributed by atoms with Gasteiger partial charge < -0.3 is 9.88 Å². The van der Waals surface area contributed by atoms with Crippen LogP contribution in [0.15, 0.2) is 22.9 Å². The number of nitrogens with zero attached hydrogens (tertiary/aromatic N) is 3. The molecular weight excluding hydrogens is 292 g/mol. The van der Waals surface area contributed by atoms with Gasteiger partial charge in [0.25, 0.3) is 0 Å². The van der Waals surface area contributed by atoms with Crippen molar-refractivity contribution in [3.8, 4) is 0 Å². The molecule has 18 heavy (non-hydrogen) atoms. The van der Waals surface area contributed by atoms with Crippen LogP contribution in [0.1, 0.15) is 29.9 Å². The Kier molecular flexibility index (Phi) is 3.92. The van der Waals surface area contributed by atoms with Crippen LogP contribution >= 0.6 is 15.9 Å². The van der Waals surface area contributed by atoms with Gasteiger partial charge in [0, 0.05) is 25.5 Å². The quantitative estimate of drug-likeness (QED) is 0.942. The highest BCUT2D eigenvalue weighted by Crippen LogP contribution is 2.22. The van der Waals surface area contributed by atoms with Crippen LogP contribution in [-0.2, 0) is 13.6 Å². The monoisotopic (exact) mass is 310 g/mol. The molecule has 4 nitrogen and oxygen atoms in total. The summed E-state index contributed by atoms with van der Waals surface area (Å²) in [6.45, 7) is 5.00. The first kappa shape index (κ1) is 13.4. The molecule has 0 amide bonds. The molecule has 1 unspecified atom stereocenters. The first-order valence-corrected chi connectivity index (χ1v) is 6.83. The molecule has 0 aromatic carbocycles. The van der Waals surface area contributed by atoms with Gasteiger partial charge in [-0.3, -0.25) is 4.68 Å². The fourth-order valence-corrected chi connectivity index (χ4v) is 2.47. The van der Waals surface area contributed by atoms with Crippen molar-refractivity contribution in [2.45, 2.75) is 26.4 Å². The van der Waals surface area contributed by atoms with Crippen molar-refractivity contribution in [1.82, 2.24) is 19.7 Å². The highest BCUT2D eigenvalue weighted by molar-refractivity contribution is 9.10. The maximum Gasteiger partial charge on any atom is 0.0739 e. The topological polar surface area (TPSA) is 34.8 Å². The Morgan fingerprint density at radius 1 is 1.50 bits per heavy atom. The number of rotatable bonds is 4. The van der Waals surface area contributed by atoms with Crippen molar-refractivity contribution in [3.63, 3.8) is 0 Å². The van der Waals surface area contributed by atoms with E-state index in [-0.39, 0.29) is 0 Å². The Morgan fingerprint density at radius 3 is 2.78 bits per heavy atom. The summed E-state index contributed by atoms with van der Waals surface area (Å²) in [5, 5.41) is 7.65. The number of hydrogen-bond donors (Lipinski definition) is 1. The van der Waals surface area contributed by atoms with E-state index in [2.05, 4.69) is 56.3 Å². The number of halogens is 1. The van der Waals surface area contributed by atoms with E-state index in [1.54, 1.807) is 0 Å². The summed E-state index contributed by atoms with van der Waals surface area (Å²) in [4.78, 5) is 0. The molecule has 0 bridgehead atoms. The molecule has 0 aliphatic heterocycles. The van der Waals surface area contributed by atoms with Gasteiger partial charge >= 0.3 is 0 Å². The molecular formula is C13H19BrN4. The van der Waals surface area contributed by atoms with E-state index < -0.39 is 0 Å². The fourth-order valence-electron chi connectivity index (χ4n) is 2.01. The van der Waals surface area contributed by atoms with Gasteiger partial charge in [0.15, 0.2) is 0 Å². The molecule has 2 aromatic rings. The second-order valence-electron chi connectivity index (χ2n) is 4.60. The summed E-state index contributed by atoms with van der Waals surface area (Å²) >= 11 is 3.60. The summed E-state index contributed by atoms with van der Waals surface area (Å²) in [5.74, 6) is 0. The molecule has 0 radical (unpaired) electrons. The molecule has 5 heteroatoms. The van der Waals surface area contributed by atoms with Crippen molar-refractivity contribution >= 4 is 15.9 Å². The zero-order valence-corrected chi connectivity index (χ0v) is 12.8. The minimum Gasteiger partial charge on any atom is -0.348 e. The Labute approximate surface area is 116 Å². The van der Waals surface area contributed by atoms with Crippen molar-refractivity contribution in [3.05, 3.63) is 39.9 Å². The van der Waals surface area contributed by atoms with Crippen LogP contribution in [0.3, 0.4) is 0 Å². The zero-order chi connectivity index (χ0) is 13.3. The minimum absolute atomic E-state index is 0.378. The van der Waals surface area contributed by atoms with Gasteiger partial charge in [0.2, 0.25) is 0 Å². The van der Waals surface area contributed by atoms with Crippen LogP contribution in [0.5, 0.6) is 0 Å². The zero-order valence-electron chi connectivity index (χ0n) is 11.2. The van der Waals surface area contributed by atoms with Crippen molar-refractivity contribution in [1.29, 1.82) is 0 Å². The van der Waals surface area contributed by atoms with Crippen LogP contribution < -0.4 is 5.32 Å². The first-order chi connectivity index (χ1) is 8.52. The summed E-state index contributed by atoms with van der Waals surface area (Å²) < 4.78 is 5.22. The number of nitrogens with one attached hydrogen (secondary N) is 1. The van der Waals surface area contributed by atoms with Gasteiger partial charge in [0.1, 0.15) is 0 Å². The van der Waals surface area contributed by atoms with Crippen molar-refractivity contribution < 1.29 is 0 Å². The molecule has 0 spiro atoms. The third-order valence-electron chi connectivity index (χ3n) is 3.30. The lowest BCUT2D eigenvalue weighted by Gasteiger charge is -2.07. The molecule has 2 aromatic heterocycles. The summed E-state index contributed by atoms with van der Waals surface area (Å²) in [6.07, 6.45) is 4.29. The predicted octanol–water partition coefficient (Wildman–Crippen LogP) is 2.62. The van der Waals surface area contributed by atoms with Crippen molar-refractivity contribution in [2.75, 3.05) is 7.05 Å². The van der Waals surface area contributed by atoms with Crippen LogP contribution in [0, 0.1) is 6.92 Å². The summed E-state index contributed by atoms with van der Waals surface area (Å²) in [7, 11) is 3.96. The van der Waals surface area contributed by atoms with Crippen LogP contribution in [0.2, 0.25) is 0 Å². The Balaban J connectivity index is 2.21. The number of hydrogen-bond acceptors (Lipinski definition) is 2. The number of aryl methyl sites for hydroxylation is 2. The van der Waals surface area contributed by atoms with Crippen LogP contribution in [0.25, 0.3) is 0 Å². The fraction of sp³-hybridized carbons (Fsp3) is 0.462. The maximum atomic E-state index is 4.41. The summed E-state index contributed by atoms with van der Waals surface area (Å²) in [6, 6.07) is 2.53. The highest BCUT2D eigenvalue weighted by atomic mass is 79.9. The van der Waals surface area contributed by atoms with Gasteiger partial charge in [-0.15, -0.1) is 0 Å². The molecule has 2 heterocycles. The van der Waals surface area contributed by atoms with Gasteiger partial charge in [-0.2, -0.15) is 5.10 Å². The van der Waals surface area contributed by atoms with Crippen LogP contribution in [-0.4, -0.2) is 21.4 Å².